The van der Waals surface area contributed by atoms with E-state index in [0.29, 0.717) is 16.5 Å². The minimum absolute atomic E-state index is 0.0357. The molecular formula is C16H15ClN2O5. The fourth-order valence-corrected chi connectivity index (χ4v) is 2.23. The minimum atomic E-state index is -0.552. The second-order valence-corrected chi connectivity index (χ2v) is 5.32. The van der Waals surface area contributed by atoms with Crippen molar-refractivity contribution in [1.29, 1.82) is 0 Å². The van der Waals surface area contributed by atoms with Gasteiger partial charge in [-0.2, -0.15) is 0 Å². The van der Waals surface area contributed by atoms with Gasteiger partial charge in [0.1, 0.15) is 5.75 Å². The molecule has 0 aromatic heterocycles. The average molecular weight is 351 g/mol. The van der Waals surface area contributed by atoms with Crippen LogP contribution in [0.2, 0.25) is 5.02 Å². The van der Waals surface area contributed by atoms with Crippen LogP contribution in [-0.4, -0.2) is 24.5 Å². The molecule has 0 spiro atoms. The molecule has 2 aromatic rings. The van der Waals surface area contributed by atoms with Gasteiger partial charge in [0, 0.05) is 11.8 Å². The summed E-state index contributed by atoms with van der Waals surface area (Å²) >= 11 is 5.97. The van der Waals surface area contributed by atoms with Crippen molar-refractivity contribution < 1.29 is 19.2 Å². The van der Waals surface area contributed by atoms with E-state index in [9.17, 15) is 14.9 Å². The van der Waals surface area contributed by atoms with E-state index in [2.05, 4.69) is 5.32 Å². The third-order valence-corrected chi connectivity index (χ3v) is 3.40. The molecule has 1 amide bonds. The fourth-order valence-electron chi connectivity index (χ4n) is 1.98. The van der Waals surface area contributed by atoms with Gasteiger partial charge in [-0.25, -0.2) is 0 Å². The second kappa shape index (κ2) is 7.65. The summed E-state index contributed by atoms with van der Waals surface area (Å²) in [5.41, 5.74) is 1.01. The van der Waals surface area contributed by atoms with Gasteiger partial charge in [-0.05, 0) is 36.8 Å². The van der Waals surface area contributed by atoms with Crippen LogP contribution in [0.15, 0.2) is 36.4 Å². The number of nitrogens with one attached hydrogen (secondary N) is 1. The predicted molar refractivity (Wildman–Crippen MR) is 90.0 cm³/mol. The van der Waals surface area contributed by atoms with Gasteiger partial charge in [-0.1, -0.05) is 17.7 Å². The summed E-state index contributed by atoms with van der Waals surface area (Å²) in [6.45, 7) is 1.37. The van der Waals surface area contributed by atoms with Gasteiger partial charge in [0.2, 0.25) is 0 Å². The first-order valence-corrected chi connectivity index (χ1v) is 7.29. The summed E-state index contributed by atoms with van der Waals surface area (Å²) in [5, 5.41) is 13.9. The predicted octanol–water partition coefficient (Wildman–Crippen LogP) is 3.58. The molecule has 0 fully saturated rings. The Hall–Kier alpha value is -2.80. The summed E-state index contributed by atoms with van der Waals surface area (Å²) in [6.07, 6.45) is 0. The van der Waals surface area contributed by atoms with Gasteiger partial charge in [-0.15, -0.1) is 0 Å². The highest BCUT2D eigenvalue weighted by atomic mass is 35.5. The van der Waals surface area contributed by atoms with Gasteiger partial charge < -0.3 is 14.8 Å². The SMILES string of the molecule is COc1ccc(NC(=O)COc2ccc(C)cc2[N+](=O)[O-])cc1Cl. The molecule has 0 aliphatic carbocycles. The van der Waals surface area contributed by atoms with Crippen molar-refractivity contribution in [3.05, 3.63) is 57.1 Å². The molecule has 126 valence electrons. The third kappa shape index (κ3) is 4.36. The first-order chi connectivity index (χ1) is 11.4. The smallest absolute Gasteiger partial charge is 0.311 e. The molecule has 0 unspecified atom stereocenters. The number of halogens is 1. The van der Waals surface area contributed by atoms with Gasteiger partial charge >= 0.3 is 5.69 Å². The summed E-state index contributed by atoms with van der Waals surface area (Å²) in [6, 6.07) is 9.29. The number of methoxy groups -OCH3 is 1. The molecule has 0 heterocycles. The van der Waals surface area contributed by atoms with E-state index in [4.69, 9.17) is 21.1 Å². The summed E-state index contributed by atoms with van der Waals surface area (Å²) in [7, 11) is 1.49. The molecule has 0 aliphatic heterocycles. The maximum atomic E-state index is 11.9. The Morgan fingerprint density at radius 3 is 2.58 bits per heavy atom. The Balaban J connectivity index is 2.01. The summed E-state index contributed by atoms with van der Waals surface area (Å²) in [4.78, 5) is 22.4. The molecule has 2 rings (SSSR count). The number of nitro benzene ring substituents is 1. The third-order valence-electron chi connectivity index (χ3n) is 3.11. The number of carbonyl (C=O) groups excluding carboxylic acids is 1. The van der Waals surface area contributed by atoms with Gasteiger partial charge in [0.05, 0.1) is 17.1 Å². The van der Waals surface area contributed by atoms with Crippen molar-refractivity contribution in [2.24, 2.45) is 0 Å². The number of aryl methyl sites for hydroxylation is 1. The van der Waals surface area contributed by atoms with Crippen LogP contribution in [-0.2, 0) is 4.79 Å². The van der Waals surface area contributed by atoms with Crippen molar-refractivity contribution in [3.8, 4) is 11.5 Å². The van der Waals surface area contributed by atoms with E-state index in [1.807, 2.05) is 0 Å². The van der Waals surface area contributed by atoms with Crippen LogP contribution < -0.4 is 14.8 Å². The first kappa shape index (κ1) is 17.6. The molecular weight excluding hydrogens is 336 g/mol. The maximum absolute atomic E-state index is 11.9. The molecule has 8 heteroatoms. The topological polar surface area (TPSA) is 90.7 Å². The molecule has 0 radical (unpaired) electrons. The zero-order chi connectivity index (χ0) is 17.7. The van der Waals surface area contributed by atoms with Crippen molar-refractivity contribution in [3.63, 3.8) is 0 Å². The first-order valence-electron chi connectivity index (χ1n) is 6.92. The Morgan fingerprint density at radius 1 is 1.25 bits per heavy atom. The van der Waals surface area contributed by atoms with E-state index in [-0.39, 0.29) is 18.0 Å². The van der Waals surface area contributed by atoms with Crippen LogP contribution >= 0.6 is 11.6 Å². The van der Waals surface area contributed by atoms with E-state index in [1.165, 1.54) is 25.3 Å². The number of benzene rings is 2. The average Bonchev–Trinajstić information content (AvgIpc) is 2.53. The number of hydrogen-bond acceptors (Lipinski definition) is 5. The van der Waals surface area contributed by atoms with Crippen LogP contribution in [0, 0.1) is 17.0 Å². The number of amides is 1. The molecule has 24 heavy (non-hydrogen) atoms. The van der Waals surface area contributed by atoms with Gasteiger partial charge in [-0.3, -0.25) is 14.9 Å². The summed E-state index contributed by atoms with van der Waals surface area (Å²) < 4.78 is 10.3. The number of hydrogen-bond donors (Lipinski definition) is 1. The van der Waals surface area contributed by atoms with Crippen molar-refractivity contribution >= 4 is 28.9 Å². The molecule has 0 atom stereocenters. The Labute approximate surface area is 143 Å². The number of anilines is 1. The molecule has 1 N–H and O–H groups in total. The van der Waals surface area contributed by atoms with Gasteiger partial charge in [0.25, 0.3) is 5.91 Å². The lowest BCUT2D eigenvalue weighted by molar-refractivity contribution is -0.385. The molecule has 2 aromatic carbocycles. The number of nitrogens with zero attached hydrogens (tertiary/aromatic N) is 1. The normalized spacial score (nSPS) is 10.1. The quantitative estimate of drug-likeness (QED) is 0.635. The highest BCUT2D eigenvalue weighted by molar-refractivity contribution is 6.32. The van der Waals surface area contributed by atoms with Crippen LogP contribution in [0.3, 0.4) is 0 Å². The lowest BCUT2D eigenvalue weighted by Gasteiger charge is -2.09. The maximum Gasteiger partial charge on any atom is 0.311 e. The van der Waals surface area contributed by atoms with E-state index >= 15 is 0 Å². The van der Waals surface area contributed by atoms with Gasteiger partial charge in [0.15, 0.2) is 12.4 Å². The lowest BCUT2D eigenvalue weighted by atomic mass is 10.2. The molecule has 0 bridgehead atoms. The standard InChI is InChI=1S/C16H15ClN2O5/c1-10-3-5-15(13(7-10)19(21)22)24-9-16(20)18-11-4-6-14(23-2)12(17)8-11/h3-8H,9H2,1-2H3,(H,18,20). The lowest BCUT2D eigenvalue weighted by Crippen LogP contribution is -2.20. The Morgan fingerprint density at radius 2 is 1.96 bits per heavy atom. The second-order valence-electron chi connectivity index (χ2n) is 4.91. The van der Waals surface area contributed by atoms with E-state index in [1.54, 1.807) is 25.1 Å². The monoisotopic (exact) mass is 350 g/mol. The number of ether oxygens (including phenoxy) is 2. The van der Waals surface area contributed by atoms with Crippen molar-refractivity contribution in [2.75, 3.05) is 19.0 Å². The van der Waals surface area contributed by atoms with E-state index < -0.39 is 10.8 Å². The Bertz CT molecular complexity index is 779. The minimum Gasteiger partial charge on any atom is -0.495 e. The Kier molecular flexibility index (Phi) is 5.59. The number of rotatable bonds is 6. The fraction of sp³-hybridized carbons (Fsp3) is 0.188. The van der Waals surface area contributed by atoms with Crippen LogP contribution in [0.1, 0.15) is 5.56 Å². The zero-order valence-electron chi connectivity index (χ0n) is 13.0. The highest BCUT2D eigenvalue weighted by Gasteiger charge is 2.16. The van der Waals surface area contributed by atoms with Crippen molar-refractivity contribution in [2.45, 2.75) is 6.92 Å². The van der Waals surface area contributed by atoms with Crippen molar-refractivity contribution in [1.82, 2.24) is 0 Å². The number of carbonyl (C=O) groups is 1. The van der Waals surface area contributed by atoms with E-state index in [0.717, 1.165) is 5.56 Å². The molecule has 0 aliphatic rings. The van der Waals surface area contributed by atoms with Crippen LogP contribution in [0.5, 0.6) is 11.5 Å². The molecule has 0 saturated carbocycles. The molecule has 7 nitrogen and oxygen atoms in total. The molecule has 0 saturated heterocycles. The largest absolute Gasteiger partial charge is 0.495 e. The number of nitro groups is 1. The van der Waals surface area contributed by atoms with Crippen LogP contribution in [0.4, 0.5) is 11.4 Å². The summed E-state index contributed by atoms with van der Waals surface area (Å²) in [5.74, 6) is 0.0563. The van der Waals surface area contributed by atoms with Crippen LogP contribution in [0.25, 0.3) is 0 Å². The highest BCUT2D eigenvalue weighted by Crippen LogP contribution is 2.28. The zero-order valence-corrected chi connectivity index (χ0v) is 13.8.